The standard InChI is InChI=1S/C14H17NO/c1-10(2)16-14-8-7-11-5-3-4-6-12(11)13(14)9-15/h3-8,10H,9,15H2,1-2H3. The minimum atomic E-state index is 0.173. The number of ether oxygens (including phenoxy) is 1. The lowest BCUT2D eigenvalue weighted by molar-refractivity contribution is 0.240. The Kier molecular flexibility index (Phi) is 3.11. The fourth-order valence-corrected chi connectivity index (χ4v) is 1.89. The molecule has 84 valence electrons. The molecule has 0 spiro atoms. The van der Waals surface area contributed by atoms with Crippen molar-refractivity contribution >= 4 is 10.8 Å². The topological polar surface area (TPSA) is 35.2 Å². The maximum Gasteiger partial charge on any atom is 0.124 e. The van der Waals surface area contributed by atoms with Crippen LogP contribution >= 0.6 is 0 Å². The molecule has 0 fully saturated rings. The lowest BCUT2D eigenvalue weighted by atomic mass is 10.0. The molecule has 0 aliphatic heterocycles. The van der Waals surface area contributed by atoms with Crippen LogP contribution in [0.1, 0.15) is 19.4 Å². The zero-order valence-electron chi connectivity index (χ0n) is 9.73. The predicted molar refractivity (Wildman–Crippen MR) is 67.6 cm³/mol. The van der Waals surface area contributed by atoms with Crippen molar-refractivity contribution in [1.82, 2.24) is 0 Å². The molecule has 0 heterocycles. The first-order chi connectivity index (χ1) is 7.72. The first kappa shape index (κ1) is 11.0. The molecule has 0 saturated carbocycles. The quantitative estimate of drug-likeness (QED) is 0.854. The van der Waals surface area contributed by atoms with E-state index in [-0.39, 0.29) is 6.10 Å². The Balaban J connectivity index is 2.58. The first-order valence-electron chi connectivity index (χ1n) is 5.59. The molecule has 0 unspecified atom stereocenters. The Morgan fingerprint density at radius 1 is 1.12 bits per heavy atom. The van der Waals surface area contributed by atoms with Crippen LogP contribution in [0.15, 0.2) is 36.4 Å². The Morgan fingerprint density at radius 3 is 2.56 bits per heavy atom. The number of rotatable bonds is 3. The van der Waals surface area contributed by atoms with Crippen molar-refractivity contribution in [2.45, 2.75) is 26.5 Å². The van der Waals surface area contributed by atoms with E-state index in [1.165, 1.54) is 10.8 Å². The van der Waals surface area contributed by atoms with Crippen molar-refractivity contribution in [2.75, 3.05) is 0 Å². The van der Waals surface area contributed by atoms with Crippen molar-refractivity contribution in [1.29, 1.82) is 0 Å². The van der Waals surface area contributed by atoms with Crippen molar-refractivity contribution in [2.24, 2.45) is 5.73 Å². The highest BCUT2D eigenvalue weighted by Gasteiger charge is 2.08. The Bertz CT molecular complexity index is 491. The van der Waals surface area contributed by atoms with Gasteiger partial charge in [-0.15, -0.1) is 0 Å². The summed E-state index contributed by atoms with van der Waals surface area (Å²) in [5.41, 5.74) is 6.90. The summed E-state index contributed by atoms with van der Waals surface area (Å²) in [4.78, 5) is 0. The lowest BCUT2D eigenvalue weighted by Crippen LogP contribution is -2.09. The zero-order valence-corrected chi connectivity index (χ0v) is 9.73. The Morgan fingerprint density at radius 2 is 1.88 bits per heavy atom. The van der Waals surface area contributed by atoms with E-state index in [1.807, 2.05) is 32.0 Å². The summed E-state index contributed by atoms with van der Waals surface area (Å²) < 4.78 is 5.76. The molecule has 2 aromatic rings. The van der Waals surface area contributed by atoms with Gasteiger partial charge in [-0.05, 0) is 30.7 Å². The molecule has 2 rings (SSSR count). The van der Waals surface area contributed by atoms with Crippen molar-refractivity contribution < 1.29 is 4.74 Å². The number of hydrogen-bond acceptors (Lipinski definition) is 2. The van der Waals surface area contributed by atoms with E-state index >= 15 is 0 Å². The van der Waals surface area contributed by atoms with Gasteiger partial charge in [-0.3, -0.25) is 0 Å². The van der Waals surface area contributed by atoms with E-state index in [0.717, 1.165) is 11.3 Å². The highest BCUT2D eigenvalue weighted by Crippen LogP contribution is 2.28. The van der Waals surface area contributed by atoms with E-state index in [1.54, 1.807) is 0 Å². The second kappa shape index (κ2) is 4.54. The second-order valence-electron chi connectivity index (χ2n) is 4.13. The van der Waals surface area contributed by atoms with Gasteiger partial charge in [0.05, 0.1) is 6.10 Å². The van der Waals surface area contributed by atoms with Gasteiger partial charge >= 0.3 is 0 Å². The van der Waals surface area contributed by atoms with Crippen LogP contribution in [-0.4, -0.2) is 6.10 Å². The van der Waals surface area contributed by atoms with Crippen LogP contribution in [0.4, 0.5) is 0 Å². The fraction of sp³-hybridized carbons (Fsp3) is 0.286. The van der Waals surface area contributed by atoms with Gasteiger partial charge in [0.25, 0.3) is 0 Å². The summed E-state index contributed by atoms with van der Waals surface area (Å²) in [6, 6.07) is 12.3. The summed E-state index contributed by atoms with van der Waals surface area (Å²) in [6.45, 7) is 4.55. The first-order valence-corrected chi connectivity index (χ1v) is 5.59. The van der Waals surface area contributed by atoms with E-state index < -0.39 is 0 Å². The molecule has 2 heteroatoms. The molecule has 16 heavy (non-hydrogen) atoms. The van der Waals surface area contributed by atoms with Crippen molar-refractivity contribution in [3.63, 3.8) is 0 Å². The average molecular weight is 215 g/mol. The minimum Gasteiger partial charge on any atom is -0.491 e. The molecule has 0 aromatic heterocycles. The molecule has 2 nitrogen and oxygen atoms in total. The Hall–Kier alpha value is -1.54. The molecular formula is C14H17NO. The fourth-order valence-electron chi connectivity index (χ4n) is 1.89. The van der Waals surface area contributed by atoms with E-state index in [9.17, 15) is 0 Å². The average Bonchev–Trinajstić information content (AvgIpc) is 2.28. The highest BCUT2D eigenvalue weighted by molar-refractivity contribution is 5.87. The molecule has 0 aliphatic carbocycles. The maximum atomic E-state index is 5.81. The SMILES string of the molecule is CC(C)Oc1ccc2ccccc2c1CN. The summed E-state index contributed by atoms with van der Waals surface area (Å²) in [5, 5.41) is 2.39. The largest absolute Gasteiger partial charge is 0.491 e. The van der Waals surface area contributed by atoms with E-state index in [0.29, 0.717) is 6.54 Å². The van der Waals surface area contributed by atoms with Gasteiger partial charge in [0.2, 0.25) is 0 Å². The van der Waals surface area contributed by atoms with Crippen molar-refractivity contribution in [3.8, 4) is 5.75 Å². The van der Waals surface area contributed by atoms with Gasteiger partial charge in [0.15, 0.2) is 0 Å². The normalized spacial score (nSPS) is 11.0. The molecular weight excluding hydrogens is 198 g/mol. The molecule has 0 saturated heterocycles. The predicted octanol–water partition coefficient (Wildman–Crippen LogP) is 3.09. The van der Waals surface area contributed by atoms with Crippen LogP contribution in [0, 0.1) is 0 Å². The van der Waals surface area contributed by atoms with E-state index in [4.69, 9.17) is 10.5 Å². The summed E-state index contributed by atoms with van der Waals surface area (Å²) in [6.07, 6.45) is 0.173. The monoisotopic (exact) mass is 215 g/mol. The van der Waals surface area contributed by atoms with Crippen LogP contribution in [-0.2, 0) is 6.54 Å². The van der Waals surface area contributed by atoms with Crippen LogP contribution in [0.2, 0.25) is 0 Å². The molecule has 0 radical (unpaired) electrons. The number of fused-ring (bicyclic) bond motifs is 1. The molecule has 0 bridgehead atoms. The van der Waals surface area contributed by atoms with Gasteiger partial charge in [0, 0.05) is 12.1 Å². The molecule has 0 amide bonds. The molecule has 2 N–H and O–H groups in total. The summed E-state index contributed by atoms with van der Waals surface area (Å²) in [7, 11) is 0. The summed E-state index contributed by atoms with van der Waals surface area (Å²) in [5.74, 6) is 0.899. The maximum absolute atomic E-state index is 5.81. The van der Waals surface area contributed by atoms with Crippen LogP contribution in [0.5, 0.6) is 5.75 Å². The van der Waals surface area contributed by atoms with Gasteiger partial charge in [-0.2, -0.15) is 0 Å². The second-order valence-corrected chi connectivity index (χ2v) is 4.13. The Labute approximate surface area is 96.0 Å². The van der Waals surface area contributed by atoms with Crippen molar-refractivity contribution in [3.05, 3.63) is 42.0 Å². The third-order valence-electron chi connectivity index (χ3n) is 2.56. The smallest absolute Gasteiger partial charge is 0.124 e. The number of benzene rings is 2. The zero-order chi connectivity index (χ0) is 11.5. The number of nitrogens with two attached hydrogens (primary N) is 1. The highest BCUT2D eigenvalue weighted by atomic mass is 16.5. The number of hydrogen-bond donors (Lipinski definition) is 1. The van der Waals surface area contributed by atoms with Crippen LogP contribution in [0.3, 0.4) is 0 Å². The van der Waals surface area contributed by atoms with Crippen LogP contribution < -0.4 is 10.5 Å². The minimum absolute atomic E-state index is 0.173. The van der Waals surface area contributed by atoms with Gasteiger partial charge < -0.3 is 10.5 Å². The lowest BCUT2D eigenvalue weighted by Gasteiger charge is -2.15. The molecule has 2 aromatic carbocycles. The third kappa shape index (κ3) is 2.02. The van der Waals surface area contributed by atoms with Gasteiger partial charge in [0.1, 0.15) is 5.75 Å². The molecule has 0 aliphatic rings. The summed E-state index contributed by atoms with van der Waals surface area (Å²) >= 11 is 0. The third-order valence-corrected chi connectivity index (χ3v) is 2.56. The van der Waals surface area contributed by atoms with E-state index in [2.05, 4.69) is 18.2 Å². The van der Waals surface area contributed by atoms with Gasteiger partial charge in [-0.25, -0.2) is 0 Å². The van der Waals surface area contributed by atoms with Gasteiger partial charge in [-0.1, -0.05) is 30.3 Å². The van der Waals surface area contributed by atoms with Crippen LogP contribution in [0.25, 0.3) is 10.8 Å². The molecule has 0 atom stereocenters.